The molecule has 0 aliphatic rings. The fourth-order valence-corrected chi connectivity index (χ4v) is 3.31. The van der Waals surface area contributed by atoms with Gasteiger partial charge in [0.25, 0.3) is 0 Å². The highest BCUT2D eigenvalue weighted by molar-refractivity contribution is 6.31. The second-order valence-electron chi connectivity index (χ2n) is 6.78. The third-order valence-electron chi connectivity index (χ3n) is 4.60. The van der Waals surface area contributed by atoms with Crippen molar-refractivity contribution in [2.45, 2.75) is 103 Å². The van der Waals surface area contributed by atoms with Gasteiger partial charge in [-0.15, -0.1) is 0 Å². The lowest BCUT2D eigenvalue weighted by molar-refractivity contribution is 0.535. The number of aryl methyl sites for hydroxylation is 1. The van der Waals surface area contributed by atoms with Crippen LogP contribution in [0.4, 0.5) is 0 Å². The Kier molecular flexibility index (Phi) is 13.4. The Morgan fingerprint density at radius 1 is 0.739 bits per heavy atom. The summed E-state index contributed by atoms with van der Waals surface area (Å²) in [5.74, 6) is 0. The van der Waals surface area contributed by atoms with Crippen molar-refractivity contribution < 1.29 is 0 Å². The Balaban J connectivity index is 1.79. The molecule has 0 bridgehead atoms. The van der Waals surface area contributed by atoms with Crippen LogP contribution in [0.2, 0.25) is 5.02 Å². The van der Waals surface area contributed by atoms with E-state index in [2.05, 4.69) is 11.9 Å². The molecule has 1 aromatic rings. The van der Waals surface area contributed by atoms with Crippen molar-refractivity contribution in [3.8, 4) is 0 Å². The highest BCUT2D eigenvalue weighted by Crippen LogP contribution is 2.16. The van der Waals surface area contributed by atoms with Gasteiger partial charge in [0.15, 0.2) is 0 Å². The summed E-state index contributed by atoms with van der Waals surface area (Å²) in [5.41, 5.74) is 1.06. The van der Waals surface area contributed by atoms with Crippen LogP contribution in [0.5, 0.6) is 0 Å². The maximum atomic E-state index is 6.12. The first-order chi connectivity index (χ1) is 11.3. The smallest absolute Gasteiger partial charge is 0.0621 e. The molecule has 0 spiro atoms. The highest BCUT2D eigenvalue weighted by Gasteiger charge is 2.00. The standard InChI is InChI=1S/C21H36ClN/c1-2-3-4-5-6-7-8-9-10-11-12-13-14-15-18-21-20(22)17-16-19-23-21/h16-17,19H,2-15,18H2,1H3. The topological polar surface area (TPSA) is 12.9 Å². The quantitative estimate of drug-likeness (QED) is 0.298. The van der Waals surface area contributed by atoms with E-state index in [-0.39, 0.29) is 0 Å². The van der Waals surface area contributed by atoms with Gasteiger partial charge in [-0.25, -0.2) is 0 Å². The van der Waals surface area contributed by atoms with Gasteiger partial charge in [0.1, 0.15) is 0 Å². The summed E-state index contributed by atoms with van der Waals surface area (Å²) in [6, 6.07) is 3.84. The van der Waals surface area contributed by atoms with Crippen molar-refractivity contribution in [1.82, 2.24) is 4.98 Å². The number of rotatable bonds is 15. The molecule has 0 N–H and O–H groups in total. The third-order valence-corrected chi connectivity index (χ3v) is 4.95. The molecule has 0 aliphatic carbocycles. The van der Waals surface area contributed by atoms with E-state index in [9.17, 15) is 0 Å². The lowest BCUT2D eigenvalue weighted by Gasteiger charge is -2.04. The zero-order chi connectivity index (χ0) is 16.6. The van der Waals surface area contributed by atoms with Gasteiger partial charge < -0.3 is 0 Å². The Hall–Kier alpha value is -0.560. The van der Waals surface area contributed by atoms with Gasteiger partial charge in [0.2, 0.25) is 0 Å². The second-order valence-corrected chi connectivity index (χ2v) is 7.19. The van der Waals surface area contributed by atoms with Gasteiger partial charge in [-0.05, 0) is 25.0 Å². The molecule has 0 atom stereocenters. The minimum atomic E-state index is 0.821. The zero-order valence-corrected chi connectivity index (χ0v) is 15.9. The number of unbranched alkanes of at least 4 members (excludes halogenated alkanes) is 13. The van der Waals surface area contributed by atoms with Crippen molar-refractivity contribution in [3.63, 3.8) is 0 Å². The Morgan fingerprint density at radius 2 is 1.22 bits per heavy atom. The maximum Gasteiger partial charge on any atom is 0.0621 e. The molecule has 23 heavy (non-hydrogen) atoms. The minimum absolute atomic E-state index is 0.821. The van der Waals surface area contributed by atoms with Gasteiger partial charge in [-0.1, -0.05) is 102 Å². The molecular formula is C21H36ClN. The van der Waals surface area contributed by atoms with Crippen LogP contribution in [0.25, 0.3) is 0 Å². The molecule has 1 nitrogen and oxygen atoms in total. The average Bonchev–Trinajstić information content (AvgIpc) is 2.57. The molecule has 0 aromatic carbocycles. The number of hydrogen-bond donors (Lipinski definition) is 0. The van der Waals surface area contributed by atoms with Gasteiger partial charge in [0.05, 0.1) is 10.7 Å². The molecule has 0 aliphatic heterocycles. The van der Waals surface area contributed by atoms with E-state index in [1.807, 2.05) is 18.3 Å². The van der Waals surface area contributed by atoms with Crippen molar-refractivity contribution in [2.75, 3.05) is 0 Å². The largest absolute Gasteiger partial charge is 0.260 e. The van der Waals surface area contributed by atoms with Gasteiger partial charge in [-0.2, -0.15) is 0 Å². The molecule has 0 radical (unpaired) electrons. The summed E-state index contributed by atoms with van der Waals surface area (Å²) in [4.78, 5) is 4.35. The first-order valence-electron chi connectivity index (χ1n) is 9.94. The number of halogens is 1. The molecule has 0 saturated heterocycles. The Morgan fingerprint density at radius 3 is 1.70 bits per heavy atom. The van der Waals surface area contributed by atoms with E-state index < -0.39 is 0 Å². The Labute approximate surface area is 149 Å². The molecule has 0 amide bonds. The van der Waals surface area contributed by atoms with Gasteiger partial charge in [0, 0.05) is 6.20 Å². The molecule has 0 fully saturated rings. The van der Waals surface area contributed by atoms with Crippen LogP contribution >= 0.6 is 11.6 Å². The molecular weight excluding hydrogens is 302 g/mol. The fourth-order valence-electron chi connectivity index (χ4n) is 3.09. The summed E-state index contributed by atoms with van der Waals surface area (Å²) < 4.78 is 0. The van der Waals surface area contributed by atoms with Crippen molar-refractivity contribution >= 4 is 11.6 Å². The summed E-state index contributed by atoms with van der Waals surface area (Å²) in [7, 11) is 0. The minimum Gasteiger partial charge on any atom is -0.260 e. The van der Waals surface area contributed by atoms with Crippen LogP contribution in [0.1, 0.15) is 103 Å². The van der Waals surface area contributed by atoms with Crippen LogP contribution in [0.15, 0.2) is 18.3 Å². The summed E-state index contributed by atoms with van der Waals surface area (Å²) in [5, 5.41) is 0.821. The van der Waals surface area contributed by atoms with Gasteiger partial charge >= 0.3 is 0 Å². The number of pyridine rings is 1. The highest BCUT2D eigenvalue weighted by atomic mass is 35.5. The molecule has 1 rings (SSSR count). The van der Waals surface area contributed by atoms with Gasteiger partial charge in [-0.3, -0.25) is 4.98 Å². The predicted octanol–water partition coefficient (Wildman–Crippen LogP) is 7.76. The zero-order valence-electron chi connectivity index (χ0n) is 15.2. The second kappa shape index (κ2) is 15.0. The summed E-state index contributed by atoms with van der Waals surface area (Å²) in [6.45, 7) is 2.29. The van der Waals surface area contributed by atoms with Crippen molar-refractivity contribution in [1.29, 1.82) is 0 Å². The molecule has 0 unspecified atom stereocenters. The molecule has 1 heterocycles. The lowest BCUT2D eigenvalue weighted by Crippen LogP contribution is -1.91. The van der Waals surface area contributed by atoms with E-state index in [0.717, 1.165) is 17.1 Å². The number of hydrogen-bond acceptors (Lipinski definition) is 1. The van der Waals surface area contributed by atoms with Crippen LogP contribution in [0.3, 0.4) is 0 Å². The van der Waals surface area contributed by atoms with Crippen molar-refractivity contribution in [3.05, 3.63) is 29.0 Å². The molecule has 1 aromatic heterocycles. The van der Waals surface area contributed by atoms with Crippen molar-refractivity contribution in [2.24, 2.45) is 0 Å². The van der Waals surface area contributed by atoms with E-state index in [4.69, 9.17) is 11.6 Å². The monoisotopic (exact) mass is 337 g/mol. The first kappa shape index (κ1) is 20.5. The van der Waals surface area contributed by atoms with Crippen LogP contribution < -0.4 is 0 Å². The molecule has 2 heteroatoms. The first-order valence-corrected chi connectivity index (χ1v) is 10.3. The maximum absolute atomic E-state index is 6.12. The fraction of sp³-hybridized carbons (Fsp3) is 0.762. The lowest BCUT2D eigenvalue weighted by atomic mass is 10.0. The molecule has 132 valence electrons. The van der Waals surface area contributed by atoms with E-state index in [0.29, 0.717) is 0 Å². The Bertz CT molecular complexity index is 378. The predicted molar refractivity (Wildman–Crippen MR) is 103 cm³/mol. The van der Waals surface area contributed by atoms with Crippen LogP contribution in [-0.4, -0.2) is 4.98 Å². The number of nitrogens with zero attached hydrogens (tertiary/aromatic N) is 1. The third kappa shape index (κ3) is 11.6. The van der Waals surface area contributed by atoms with E-state index in [1.54, 1.807) is 0 Å². The normalized spacial score (nSPS) is 11.0. The van der Waals surface area contributed by atoms with E-state index >= 15 is 0 Å². The SMILES string of the molecule is CCCCCCCCCCCCCCCCc1ncccc1Cl. The molecule has 0 saturated carbocycles. The summed E-state index contributed by atoms with van der Waals surface area (Å²) >= 11 is 6.12. The van der Waals surface area contributed by atoms with E-state index in [1.165, 1.54) is 89.9 Å². The average molecular weight is 338 g/mol. The summed E-state index contributed by atoms with van der Waals surface area (Å²) in [6.07, 6.45) is 22.5. The van der Waals surface area contributed by atoms with Crippen LogP contribution in [-0.2, 0) is 6.42 Å². The number of aromatic nitrogens is 1. The van der Waals surface area contributed by atoms with Crippen LogP contribution in [0, 0.1) is 0 Å².